The summed E-state index contributed by atoms with van der Waals surface area (Å²) in [6.45, 7) is 4.63. The van der Waals surface area contributed by atoms with Gasteiger partial charge in [0.05, 0.1) is 26.4 Å². The average molecular weight is 438 g/mol. The van der Waals surface area contributed by atoms with Gasteiger partial charge in [-0.15, -0.1) is 0 Å². The van der Waals surface area contributed by atoms with Gasteiger partial charge in [0.15, 0.2) is 0 Å². The van der Waals surface area contributed by atoms with E-state index in [2.05, 4.69) is 12.2 Å². The van der Waals surface area contributed by atoms with Gasteiger partial charge in [-0.1, -0.05) is 75.8 Å². The molecule has 1 rings (SSSR count). The van der Waals surface area contributed by atoms with E-state index in [-0.39, 0.29) is 19.2 Å². The Morgan fingerprint density at radius 3 is 2.16 bits per heavy atom. The van der Waals surface area contributed by atoms with E-state index in [1.165, 1.54) is 32.1 Å². The maximum absolute atomic E-state index is 11.6. The second-order valence-corrected chi connectivity index (χ2v) is 7.31. The summed E-state index contributed by atoms with van der Waals surface area (Å²) < 4.78 is 21.0. The van der Waals surface area contributed by atoms with E-state index >= 15 is 0 Å². The Bertz CT molecular complexity index is 566. The summed E-state index contributed by atoms with van der Waals surface area (Å²) in [4.78, 5) is 23.2. The van der Waals surface area contributed by atoms with Crippen LogP contribution < -0.4 is 5.32 Å². The number of nitrogens with one attached hydrogen (secondary N) is 1. The van der Waals surface area contributed by atoms with E-state index in [1.807, 2.05) is 30.3 Å². The minimum atomic E-state index is -0.470. The smallest absolute Gasteiger partial charge is 0.407 e. The minimum Gasteiger partial charge on any atom is -0.463 e. The van der Waals surface area contributed by atoms with E-state index < -0.39 is 6.09 Å². The molecule has 1 amide bonds. The molecule has 7 nitrogen and oxygen atoms in total. The number of alkyl carbamates (subject to hydrolysis) is 1. The quantitative estimate of drug-likeness (QED) is 0.251. The third-order valence-electron chi connectivity index (χ3n) is 4.58. The summed E-state index contributed by atoms with van der Waals surface area (Å²) in [5.41, 5.74) is 0.939. The molecule has 0 aliphatic rings. The molecule has 0 bridgehead atoms. The van der Waals surface area contributed by atoms with Gasteiger partial charge in [-0.25, -0.2) is 4.79 Å². The van der Waals surface area contributed by atoms with E-state index in [0.29, 0.717) is 39.4 Å². The van der Waals surface area contributed by atoms with Crippen LogP contribution in [-0.2, 0) is 30.3 Å². The van der Waals surface area contributed by atoms with Gasteiger partial charge in [-0.3, -0.25) is 4.79 Å². The van der Waals surface area contributed by atoms with Crippen molar-refractivity contribution in [2.75, 3.05) is 39.6 Å². The zero-order valence-corrected chi connectivity index (χ0v) is 18.9. The highest BCUT2D eigenvalue weighted by Gasteiger charge is 2.03. The first-order chi connectivity index (χ1) is 15.2. The average Bonchev–Trinajstić information content (AvgIpc) is 2.79. The number of amides is 1. The summed E-state index contributed by atoms with van der Waals surface area (Å²) in [5, 5.41) is 2.63. The first-order valence-corrected chi connectivity index (χ1v) is 11.5. The molecule has 0 saturated carbocycles. The van der Waals surface area contributed by atoms with Crippen molar-refractivity contribution in [3.63, 3.8) is 0 Å². The number of ether oxygens (including phenoxy) is 4. The van der Waals surface area contributed by atoms with E-state index in [0.717, 1.165) is 18.4 Å². The monoisotopic (exact) mass is 437 g/mol. The van der Waals surface area contributed by atoms with Crippen molar-refractivity contribution < 1.29 is 28.5 Å². The van der Waals surface area contributed by atoms with E-state index in [4.69, 9.17) is 18.9 Å². The van der Waals surface area contributed by atoms with Gasteiger partial charge in [0.2, 0.25) is 0 Å². The van der Waals surface area contributed by atoms with Crippen molar-refractivity contribution >= 4 is 12.1 Å². The molecule has 0 atom stereocenters. The molecule has 0 heterocycles. The second kappa shape index (κ2) is 19.8. The number of carbonyl (C=O) groups excluding carboxylic acids is 2. The topological polar surface area (TPSA) is 83.1 Å². The molecule has 0 unspecified atom stereocenters. The predicted molar refractivity (Wildman–Crippen MR) is 120 cm³/mol. The lowest BCUT2D eigenvalue weighted by Crippen LogP contribution is -2.28. The highest BCUT2D eigenvalue weighted by molar-refractivity contribution is 5.69. The van der Waals surface area contributed by atoms with Crippen LogP contribution >= 0.6 is 0 Å². The van der Waals surface area contributed by atoms with Gasteiger partial charge in [0.1, 0.15) is 13.2 Å². The van der Waals surface area contributed by atoms with Gasteiger partial charge in [0.25, 0.3) is 0 Å². The van der Waals surface area contributed by atoms with Crippen molar-refractivity contribution in [2.24, 2.45) is 0 Å². The van der Waals surface area contributed by atoms with Crippen LogP contribution in [0.25, 0.3) is 0 Å². The van der Waals surface area contributed by atoms with Crippen molar-refractivity contribution in [1.29, 1.82) is 0 Å². The zero-order valence-electron chi connectivity index (χ0n) is 18.9. The Morgan fingerprint density at radius 1 is 0.774 bits per heavy atom. The largest absolute Gasteiger partial charge is 0.463 e. The fraction of sp³-hybridized carbons (Fsp3) is 0.667. The van der Waals surface area contributed by atoms with Gasteiger partial charge < -0.3 is 24.3 Å². The van der Waals surface area contributed by atoms with E-state index in [1.54, 1.807) is 0 Å². The molecule has 7 heteroatoms. The molecule has 0 radical (unpaired) electrons. The fourth-order valence-electron chi connectivity index (χ4n) is 2.83. The van der Waals surface area contributed by atoms with Gasteiger partial charge in [-0.05, 0) is 12.0 Å². The van der Waals surface area contributed by atoms with Gasteiger partial charge in [0, 0.05) is 13.0 Å². The van der Waals surface area contributed by atoms with Crippen molar-refractivity contribution in [3.05, 3.63) is 35.9 Å². The van der Waals surface area contributed by atoms with E-state index in [9.17, 15) is 9.59 Å². The lowest BCUT2D eigenvalue weighted by atomic mass is 10.1. The molecule has 0 aromatic heterocycles. The molecule has 0 aliphatic carbocycles. The fourth-order valence-corrected chi connectivity index (χ4v) is 2.83. The van der Waals surface area contributed by atoms with Crippen LogP contribution in [0.15, 0.2) is 30.3 Å². The number of unbranched alkanes of at least 4 members (excludes halogenated alkanes) is 6. The third-order valence-corrected chi connectivity index (χ3v) is 4.58. The first-order valence-electron chi connectivity index (χ1n) is 11.5. The number of hydrogen-bond acceptors (Lipinski definition) is 6. The van der Waals surface area contributed by atoms with Crippen LogP contribution in [-0.4, -0.2) is 51.6 Å². The van der Waals surface area contributed by atoms with Gasteiger partial charge >= 0.3 is 12.1 Å². The molecule has 0 aliphatic heterocycles. The van der Waals surface area contributed by atoms with Gasteiger partial charge in [-0.2, -0.15) is 0 Å². The number of hydrogen-bond donors (Lipinski definition) is 1. The lowest BCUT2D eigenvalue weighted by Gasteiger charge is -2.08. The second-order valence-electron chi connectivity index (χ2n) is 7.31. The molecule has 1 N–H and O–H groups in total. The van der Waals surface area contributed by atoms with Crippen LogP contribution in [0.4, 0.5) is 4.79 Å². The maximum Gasteiger partial charge on any atom is 0.407 e. The number of esters is 1. The highest BCUT2D eigenvalue weighted by Crippen LogP contribution is 2.08. The Balaban J connectivity index is 1.80. The van der Waals surface area contributed by atoms with Crippen LogP contribution in [0.5, 0.6) is 0 Å². The Labute approximate surface area is 186 Å². The van der Waals surface area contributed by atoms with Crippen molar-refractivity contribution in [2.45, 2.75) is 64.9 Å². The Kier molecular flexibility index (Phi) is 17.2. The van der Waals surface area contributed by atoms with Crippen LogP contribution in [0.2, 0.25) is 0 Å². The minimum absolute atomic E-state index is 0.154. The first kappa shape index (κ1) is 26.9. The molecular formula is C24H39NO6. The van der Waals surface area contributed by atoms with Crippen LogP contribution in [0, 0.1) is 0 Å². The Hall–Kier alpha value is -2.12. The SMILES string of the molecule is CCCCCCCCCC(=O)OCCOCCOCCNC(=O)OCc1ccccc1. The molecule has 1 aromatic rings. The zero-order chi connectivity index (χ0) is 22.4. The number of benzene rings is 1. The molecule has 0 saturated heterocycles. The molecular weight excluding hydrogens is 398 g/mol. The van der Waals surface area contributed by atoms with Crippen LogP contribution in [0.1, 0.15) is 63.9 Å². The summed E-state index contributed by atoms with van der Waals surface area (Å²) in [6, 6.07) is 9.50. The molecule has 0 spiro atoms. The summed E-state index contributed by atoms with van der Waals surface area (Å²) in [7, 11) is 0. The highest BCUT2D eigenvalue weighted by atomic mass is 16.6. The Morgan fingerprint density at radius 2 is 1.42 bits per heavy atom. The summed E-state index contributed by atoms with van der Waals surface area (Å²) in [6.07, 6.45) is 8.30. The van der Waals surface area contributed by atoms with Crippen LogP contribution in [0.3, 0.4) is 0 Å². The molecule has 176 valence electrons. The summed E-state index contributed by atoms with van der Waals surface area (Å²) in [5.74, 6) is -0.154. The third kappa shape index (κ3) is 17.3. The van der Waals surface area contributed by atoms with Crippen molar-refractivity contribution in [1.82, 2.24) is 5.32 Å². The van der Waals surface area contributed by atoms with Crippen molar-refractivity contribution in [3.8, 4) is 0 Å². The maximum atomic E-state index is 11.6. The lowest BCUT2D eigenvalue weighted by molar-refractivity contribution is -0.145. The molecule has 31 heavy (non-hydrogen) atoms. The molecule has 0 fully saturated rings. The summed E-state index contributed by atoms with van der Waals surface area (Å²) >= 11 is 0. The standard InChI is InChI=1S/C24H39NO6/c1-2-3-4-5-6-7-11-14-23(26)30-20-19-29-18-17-28-16-15-25-24(27)31-21-22-12-9-8-10-13-22/h8-10,12-13H,2-7,11,14-21H2,1H3,(H,25,27). The number of rotatable bonds is 19. The molecule has 1 aromatic carbocycles. The predicted octanol–water partition coefficient (Wildman–Crippen LogP) is 4.63. The number of carbonyl (C=O) groups is 2. The normalized spacial score (nSPS) is 10.6.